The molecule has 14 heavy (non-hydrogen) atoms. The molecule has 0 bridgehead atoms. The summed E-state index contributed by atoms with van der Waals surface area (Å²) < 4.78 is 0. The second-order valence-corrected chi connectivity index (χ2v) is 3.25. The van der Waals surface area contributed by atoms with Crippen LogP contribution in [0.4, 0.5) is 0 Å². The van der Waals surface area contributed by atoms with Crippen molar-refractivity contribution in [1.82, 2.24) is 0 Å². The van der Waals surface area contributed by atoms with Crippen LogP contribution in [0, 0.1) is 11.3 Å². The van der Waals surface area contributed by atoms with E-state index in [-0.39, 0.29) is 5.78 Å². The Morgan fingerprint density at radius 3 is 2.79 bits per heavy atom. The van der Waals surface area contributed by atoms with Gasteiger partial charge in [0.2, 0.25) is 0 Å². The van der Waals surface area contributed by atoms with Gasteiger partial charge in [-0.05, 0) is 12.5 Å². The Kier molecular flexibility index (Phi) is 4.15. The largest absolute Gasteiger partial charge is 0.294 e. The Balaban J connectivity index is 2.85. The normalized spacial score (nSPS) is 9.43. The van der Waals surface area contributed by atoms with Gasteiger partial charge in [0.1, 0.15) is 0 Å². The minimum Gasteiger partial charge on any atom is -0.294 e. The number of rotatable bonds is 4. The third kappa shape index (κ3) is 2.58. The average molecular weight is 208 g/mol. The monoisotopic (exact) mass is 207 g/mol. The summed E-state index contributed by atoms with van der Waals surface area (Å²) in [6.45, 7) is 0. The van der Waals surface area contributed by atoms with Crippen LogP contribution in [0.2, 0.25) is 0 Å². The van der Waals surface area contributed by atoms with Gasteiger partial charge in [0.15, 0.2) is 5.78 Å². The molecule has 3 heteroatoms. The van der Waals surface area contributed by atoms with E-state index in [1.165, 1.54) is 0 Å². The van der Waals surface area contributed by atoms with Gasteiger partial charge >= 0.3 is 0 Å². The number of carbonyl (C=O) groups excluding carboxylic acids is 1. The van der Waals surface area contributed by atoms with Gasteiger partial charge in [-0.3, -0.25) is 4.79 Å². The van der Waals surface area contributed by atoms with Crippen molar-refractivity contribution in [2.45, 2.75) is 12.8 Å². The first-order chi connectivity index (χ1) is 6.79. The van der Waals surface area contributed by atoms with E-state index in [0.717, 1.165) is 0 Å². The zero-order valence-corrected chi connectivity index (χ0v) is 8.42. The molecule has 0 heterocycles. The molecule has 0 fully saturated rings. The summed E-state index contributed by atoms with van der Waals surface area (Å²) in [5.74, 6) is 0.461. The number of alkyl halides is 1. The molecule has 0 saturated heterocycles. The summed E-state index contributed by atoms with van der Waals surface area (Å²) in [6, 6.07) is 8.83. The summed E-state index contributed by atoms with van der Waals surface area (Å²) in [7, 11) is 0. The van der Waals surface area contributed by atoms with E-state index in [1.807, 2.05) is 6.07 Å². The average Bonchev–Trinajstić information content (AvgIpc) is 2.25. The highest BCUT2D eigenvalue weighted by Gasteiger charge is 2.09. The maximum absolute atomic E-state index is 11.6. The van der Waals surface area contributed by atoms with Crippen LogP contribution < -0.4 is 0 Å². The fourth-order valence-electron chi connectivity index (χ4n) is 1.19. The minimum absolute atomic E-state index is 0.0113. The zero-order valence-electron chi connectivity index (χ0n) is 7.66. The number of hydrogen-bond acceptors (Lipinski definition) is 2. The molecule has 0 atom stereocenters. The molecule has 0 N–H and O–H groups in total. The summed E-state index contributed by atoms with van der Waals surface area (Å²) >= 11 is 5.49. The first-order valence-corrected chi connectivity index (χ1v) is 4.91. The number of nitrogens with zero attached hydrogens (tertiary/aromatic N) is 1. The minimum atomic E-state index is -0.0113. The molecule has 1 aromatic rings. The van der Waals surface area contributed by atoms with Gasteiger partial charge in [0, 0.05) is 17.9 Å². The van der Waals surface area contributed by atoms with E-state index >= 15 is 0 Å². The van der Waals surface area contributed by atoms with Crippen molar-refractivity contribution >= 4 is 17.4 Å². The lowest BCUT2D eigenvalue weighted by atomic mass is 10.0. The second-order valence-electron chi connectivity index (χ2n) is 2.87. The highest BCUT2D eigenvalue weighted by molar-refractivity contribution is 6.18. The van der Waals surface area contributed by atoms with Gasteiger partial charge in [-0.2, -0.15) is 5.26 Å². The number of ketones is 1. The number of benzene rings is 1. The number of halogens is 1. The van der Waals surface area contributed by atoms with Crippen LogP contribution in [-0.2, 0) is 0 Å². The lowest BCUT2D eigenvalue weighted by molar-refractivity contribution is 0.0981. The highest BCUT2D eigenvalue weighted by atomic mass is 35.5. The summed E-state index contributed by atoms with van der Waals surface area (Å²) in [5, 5.41) is 8.76. The molecular formula is C11H10ClNO. The maximum Gasteiger partial charge on any atom is 0.164 e. The number of Topliss-reactive ketones (excluding diaryl/α,β-unsaturated/α-hetero) is 1. The van der Waals surface area contributed by atoms with E-state index in [9.17, 15) is 4.79 Å². The van der Waals surface area contributed by atoms with Crippen LogP contribution in [0.1, 0.15) is 28.8 Å². The first kappa shape index (κ1) is 10.7. The van der Waals surface area contributed by atoms with Crippen molar-refractivity contribution in [3.63, 3.8) is 0 Å². The molecule has 1 rings (SSSR count). The van der Waals surface area contributed by atoms with Crippen LogP contribution in [-0.4, -0.2) is 11.7 Å². The SMILES string of the molecule is N#Cc1ccccc1C(=O)CCCCl. The molecule has 0 unspecified atom stereocenters. The quantitative estimate of drug-likeness (QED) is 0.563. The van der Waals surface area contributed by atoms with E-state index in [0.29, 0.717) is 29.8 Å². The van der Waals surface area contributed by atoms with Gasteiger partial charge in [0.25, 0.3) is 0 Å². The van der Waals surface area contributed by atoms with Crippen molar-refractivity contribution in [2.75, 3.05) is 5.88 Å². The van der Waals surface area contributed by atoms with Crippen LogP contribution in [0.3, 0.4) is 0 Å². The molecule has 72 valence electrons. The van der Waals surface area contributed by atoms with E-state index < -0.39 is 0 Å². The smallest absolute Gasteiger partial charge is 0.164 e. The van der Waals surface area contributed by atoms with Crippen LogP contribution in [0.25, 0.3) is 0 Å². The van der Waals surface area contributed by atoms with Gasteiger partial charge in [0.05, 0.1) is 11.6 Å². The summed E-state index contributed by atoms with van der Waals surface area (Å²) in [4.78, 5) is 11.6. The van der Waals surface area contributed by atoms with Crippen molar-refractivity contribution in [1.29, 1.82) is 5.26 Å². The lowest BCUT2D eigenvalue weighted by Crippen LogP contribution is -2.01. The van der Waals surface area contributed by atoms with Crippen molar-refractivity contribution in [3.8, 4) is 6.07 Å². The van der Waals surface area contributed by atoms with Crippen molar-refractivity contribution < 1.29 is 4.79 Å². The summed E-state index contributed by atoms with van der Waals surface area (Å²) in [5.41, 5.74) is 0.937. The number of nitriles is 1. The van der Waals surface area contributed by atoms with Gasteiger partial charge in [-0.1, -0.05) is 18.2 Å². The Bertz CT molecular complexity index is 368. The van der Waals surface area contributed by atoms with E-state index in [2.05, 4.69) is 0 Å². The third-order valence-electron chi connectivity index (χ3n) is 1.89. The fraction of sp³-hybridized carbons (Fsp3) is 0.273. The molecule has 0 spiro atoms. The molecule has 0 aliphatic carbocycles. The Hall–Kier alpha value is -1.33. The highest BCUT2D eigenvalue weighted by Crippen LogP contribution is 2.11. The van der Waals surface area contributed by atoms with E-state index in [1.54, 1.807) is 24.3 Å². The molecule has 2 nitrogen and oxygen atoms in total. The van der Waals surface area contributed by atoms with Crippen LogP contribution in [0.15, 0.2) is 24.3 Å². The molecule has 1 aromatic carbocycles. The predicted molar refractivity (Wildman–Crippen MR) is 55.4 cm³/mol. The van der Waals surface area contributed by atoms with Gasteiger partial charge in [-0.15, -0.1) is 11.6 Å². The van der Waals surface area contributed by atoms with E-state index in [4.69, 9.17) is 16.9 Å². The fourth-order valence-corrected chi connectivity index (χ4v) is 1.32. The van der Waals surface area contributed by atoms with Crippen LogP contribution >= 0.6 is 11.6 Å². The van der Waals surface area contributed by atoms with Crippen molar-refractivity contribution in [2.24, 2.45) is 0 Å². The van der Waals surface area contributed by atoms with Gasteiger partial charge in [-0.25, -0.2) is 0 Å². The third-order valence-corrected chi connectivity index (χ3v) is 2.15. The Morgan fingerprint density at radius 2 is 2.14 bits per heavy atom. The predicted octanol–water partition coefficient (Wildman–Crippen LogP) is 2.76. The first-order valence-electron chi connectivity index (χ1n) is 4.38. The molecule has 0 saturated carbocycles. The Morgan fingerprint density at radius 1 is 1.43 bits per heavy atom. The molecule has 0 aliphatic heterocycles. The van der Waals surface area contributed by atoms with Gasteiger partial charge < -0.3 is 0 Å². The molecular weight excluding hydrogens is 198 g/mol. The maximum atomic E-state index is 11.6. The number of hydrogen-bond donors (Lipinski definition) is 0. The van der Waals surface area contributed by atoms with Crippen molar-refractivity contribution in [3.05, 3.63) is 35.4 Å². The Labute approximate surface area is 88.1 Å². The topological polar surface area (TPSA) is 40.9 Å². The standard InChI is InChI=1S/C11H10ClNO/c12-7-3-6-11(14)10-5-2-1-4-9(10)8-13/h1-2,4-5H,3,6-7H2. The lowest BCUT2D eigenvalue weighted by Gasteiger charge is -2.00. The second kappa shape index (κ2) is 5.41. The summed E-state index contributed by atoms with van der Waals surface area (Å²) in [6.07, 6.45) is 1.06. The molecule has 0 radical (unpaired) electrons. The molecule has 0 aromatic heterocycles. The molecule has 0 aliphatic rings. The zero-order chi connectivity index (χ0) is 10.4. The molecule has 0 amide bonds. The van der Waals surface area contributed by atoms with Crippen LogP contribution in [0.5, 0.6) is 0 Å². The number of carbonyl (C=O) groups is 1.